The van der Waals surface area contributed by atoms with Gasteiger partial charge in [-0.1, -0.05) is 29.8 Å². The Labute approximate surface area is 112 Å². The van der Waals surface area contributed by atoms with Gasteiger partial charge in [-0.05, 0) is 31.2 Å². The van der Waals surface area contributed by atoms with Crippen molar-refractivity contribution in [1.29, 1.82) is 0 Å². The Morgan fingerprint density at radius 1 is 1.32 bits per heavy atom. The van der Waals surface area contributed by atoms with Crippen LogP contribution in [0.2, 0.25) is 0 Å². The number of carbonyl (C=O) groups is 2. The smallest absolute Gasteiger partial charge is 0.246 e. The van der Waals surface area contributed by atoms with E-state index in [4.69, 9.17) is 0 Å². The van der Waals surface area contributed by atoms with E-state index in [9.17, 15) is 9.59 Å². The molecule has 1 aromatic rings. The minimum absolute atomic E-state index is 0.0378. The number of carbonyl (C=O) groups excluding carboxylic acids is 2. The molecule has 1 saturated carbocycles. The monoisotopic (exact) mass is 258 g/mol. The number of amides is 2. The third-order valence-corrected chi connectivity index (χ3v) is 3.78. The zero-order chi connectivity index (χ0) is 13.4. The normalized spacial score (nSPS) is 23.4. The lowest BCUT2D eigenvalue weighted by atomic mass is 10.1. The average Bonchev–Trinajstić information content (AvgIpc) is 3.17. The highest BCUT2D eigenvalue weighted by molar-refractivity contribution is 5.95. The highest BCUT2D eigenvalue weighted by atomic mass is 16.2. The van der Waals surface area contributed by atoms with Gasteiger partial charge in [-0.2, -0.15) is 0 Å². The third kappa shape index (κ3) is 2.62. The summed E-state index contributed by atoms with van der Waals surface area (Å²) >= 11 is 0. The fourth-order valence-corrected chi connectivity index (χ4v) is 2.64. The van der Waals surface area contributed by atoms with Crippen LogP contribution in [0.1, 0.15) is 24.0 Å². The van der Waals surface area contributed by atoms with Crippen molar-refractivity contribution in [1.82, 2.24) is 10.2 Å². The number of benzene rings is 1. The maximum Gasteiger partial charge on any atom is 0.246 e. The van der Waals surface area contributed by atoms with E-state index in [2.05, 4.69) is 11.4 Å². The predicted octanol–water partition coefficient (Wildman–Crippen LogP) is 1.23. The molecule has 0 aromatic heterocycles. The lowest BCUT2D eigenvalue weighted by Gasteiger charge is -2.32. The molecule has 0 spiro atoms. The van der Waals surface area contributed by atoms with E-state index in [-0.39, 0.29) is 24.4 Å². The molecule has 2 amide bonds. The molecule has 2 fully saturated rings. The molecule has 4 nitrogen and oxygen atoms in total. The van der Waals surface area contributed by atoms with Gasteiger partial charge in [-0.3, -0.25) is 9.59 Å². The summed E-state index contributed by atoms with van der Waals surface area (Å²) in [5, 5.41) is 2.83. The number of nitrogens with one attached hydrogen (secondary N) is 1. The lowest BCUT2D eigenvalue weighted by Crippen LogP contribution is -2.58. The van der Waals surface area contributed by atoms with Crippen LogP contribution >= 0.6 is 0 Å². The first kappa shape index (κ1) is 12.2. The van der Waals surface area contributed by atoms with Crippen LogP contribution in [-0.2, 0) is 16.1 Å². The third-order valence-electron chi connectivity index (χ3n) is 3.78. The summed E-state index contributed by atoms with van der Waals surface area (Å²) in [5.41, 5.74) is 2.25. The highest BCUT2D eigenvalue weighted by Gasteiger charge is 2.42. The molecular weight excluding hydrogens is 240 g/mol. The van der Waals surface area contributed by atoms with Gasteiger partial charge >= 0.3 is 0 Å². The van der Waals surface area contributed by atoms with Gasteiger partial charge in [-0.15, -0.1) is 0 Å². The van der Waals surface area contributed by atoms with Crippen molar-refractivity contribution >= 4 is 11.8 Å². The molecule has 1 saturated heterocycles. The Balaban J connectivity index is 1.75. The van der Waals surface area contributed by atoms with E-state index in [1.807, 2.05) is 25.1 Å². The Bertz CT molecular complexity index is 523. The number of nitrogens with zero attached hydrogens (tertiary/aromatic N) is 1. The summed E-state index contributed by atoms with van der Waals surface area (Å²) in [5.74, 6) is 0.393. The van der Waals surface area contributed by atoms with Crippen LogP contribution in [0.4, 0.5) is 0 Å². The second-order valence-electron chi connectivity index (χ2n) is 5.57. The van der Waals surface area contributed by atoms with E-state index in [0.717, 1.165) is 18.4 Å². The van der Waals surface area contributed by atoms with E-state index >= 15 is 0 Å². The first-order valence-corrected chi connectivity index (χ1v) is 6.77. The molecule has 1 aromatic carbocycles. The molecule has 0 bridgehead atoms. The number of hydrogen-bond acceptors (Lipinski definition) is 2. The molecule has 1 unspecified atom stereocenters. The predicted molar refractivity (Wildman–Crippen MR) is 71.3 cm³/mol. The SMILES string of the molecule is Cc1cccc(CN2CC(=O)NC(C3CC3)C2=O)c1. The largest absolute Gasteiger partial charge is 0.342 e. The minimum atomic E-state index is -0.286. The molecule has 4 heteroatoms. The molecule has 1 aliphatic carbocycles. The number of hydrogen-bond donors (Lipinski definition) is 1. The van der Waals surface area contributed by atoms with Gasteiger partial charge < -0.3 is 10.2 Å². The first-order valence-electron chi connectivity index (χ1n) is 6.77. The summed E-state index contributed by atoms with van der Waals surface area (Å²) in [4.78, 5) is 25.7. The lowest BCUT2D eigenvalue weighted by molar-refractivity contribution is -0.145. The summed E-state index contributed by atoms with van der Waals surface area (Å²) in [6.07, 6.45) is 2.10. The summed E-state index contributed by atoms with van der Waals surface area (Å²) in [7, 11) is 0. The summed E-state index contributed by atoms with van der Waals surface area (Å²) < 4.78 is 0. The second-order valence-corrected chi connectivity index (χ2v) is 5.57. The van der Waals surface area contributed by atoms with Crippen molar-refractivity contribution in [3.05, 3.63) is 35.4 Å². The highest BCUT2D eigenvalue weighted by Crippen LogP contribution is 2.34. The Hall–Kier alpha value is -1.84. The van der Waals surface area contributed by atoms with Crippen LogP contribution in [0.5, 0.6) is 0 Å². The fraction of sp³-hybridized carbons (Fsp3) is 0.467. The van der Waals surface area contributed by atoms with E-state index < -0.39 is 0 Å². The van der Waals surface area contributed by atoms with Gasteiger partial charge in [-0.25, -0.2) is 0 Å². The Morgan fingerprint density at radius 2 is 2.11 bits per heavy atom. The van der Waals surface area contributed by atoms with Crippen LogP contribution in [0, 0.1) is 12.8 Å². The number of piperazine rings is 1. The average molecular weight is 258 g/mol. The molecule has 3 rings (SSSR count). The second kappa shape index (κ2) is 4.68. The Morgan fingerprint density at radius 3 is 2.79 bits per heavy atom. The minimum Gasteiger partial charge on any atom is -0.342 e. The first-order chi connectivity index (χ1) is 9.13. The molecule has 1 heterocycles. The van der Waals surface area contributed by atoms with Crippen molar-refractivity contribution < 1.29 is 9.59 Å². The van der Waals surface area contributed by atoms with Crippen molar-refractivity contribution in [2.24, 2.45) is 5.92 Å². The number of rotatable bonds is 3. The van der Waals surface area contributed by atoms with Gasteiger partial charge in [0.2, 0.25) is 11.8 Å². The zero-order valence-electron chi connectivity index (χ0n) is 11.1. The van der Waals surface area contributed by atoms with Crippen LogP contribution < -0.4 is 5.32 Å². The quantitative estimate of drug-likeness (QED) is 0.886. The summed E-state index contributed by atoms with van der Waals surface area (Å²) in [6, 6.07) is 7.79. The molecular formula is C15H18N2O2. The standard InChI is InChI=1S/C15H18N2O2/c1-10-3-2-4-11(7-10)8-17-9-13(18)16-14(15(17)19)12-5-6-12/h2-4,7,12,14H,5-6,8-9H2,1H3,(H,16,18). The maximum absolute atomic E-state index is 12.4. The van der Waals surface area contributed by atoms with Gasteiger partial charge in [0.1, 0.15) is 6.04 Å². The van der Waals surface area contributed by atoms with Crippen molar-refractivity contribution in [3.8, 4) is 0 Å². The summed E-state index contributed by atoms with van der Waals surface area (Å²) in [6.45, 7) is 2.73. The van der Waals surface area contributed by atoms with Gasteiger partial charge in [0, 0.05) is 6.54 Å². The van der Waals surface area contributed by atoms with E-state index in [0.29, 0.717) is 12.5 Å². The Kier molecular flexibility index (Phi) is 3.01. The van der Waals surface area contributed by atoms with Crippen LogP contribution in [0.25, 0.3) is 0 Å². The van der Waals surface area contributed by atoms with E-state index in [1.165, 1.54) is 5.56 Å². The van der Waals surface area contributed by atoms with Gasteiger partial charge in [0.15, 0.2) is 0 Å². The maximum atomic E-state index is 12.4. The van der Waals surface area contributed by atoms with Crippen LogP contribution in [0.15, 0.2) is 24.3 Å². The molecule has 1 atom stereocenters. The van der Waals surface area contributed by atoms with Crippen LogP contribution in [0.3, 0.4) is 0 Å². The molecule has 2 aliphatic rings. The molecule has 1 N–H and O–H groups in total. The van der Waals surface area contributed by atoms with Crippen molar-refractivity contribution in [2.75, 3.05) is 6.54 Å². The molecule has 1 aliphatic heterocycles. The fourth-order valence-electron chi connectivity index (χ4n) is 2.64. The zero-order valence-corrected chi connectivity index (χ0v) is 11.1. The molecule has 0 radical (unpaired) electrons. The van der Waals surface area contributed by atoms with Crippen molar-refractivity contribution in [3.63, 3.8) is 0 Å². The number of aryl methyl sites for hydroxylation is 1. The topological polar surface area (TPSA) is 49.4 Å². The van der Waals surface area contributed by atoms with Crippen molar-refractivity contribution in [2.45, 2.75) is 32.4 Å². The van der Waals surface area contributed by atoms with E-state index in [1.54, 1.807) is 4.90 Å². The van der Waals surface area contributed by atoms with Gasteiger partial charge in [0.05, 0.1) is 6.54 Å². The van der Waals surface area contributed by atoms with Gasteiger partial charge in [0.25, 0.3) is 0 Å². The van der Waals surface area contributed by atoms with Crippen LogP contribution in [-0.4, -0.2) is 29.3 Å². The molecule has 100 valence electrons. The molecule has 19 heavy (non-hydrogen) atoms.